The van der Waals surface area contributed by atoms with Gasteiger partial charge in [-0.1, -0.05) is 0 Å². The summed E-state index contributed by atoms with van der Waals surface area (Å²) in [5, 5.41) is 2.33. The molecule has 2 amide bonds. The maximum atomic E-state index is 13.1. The first-order valence-electron chi connectivity index (χ1n) is 9.90. The Balaban J connectivity index is 2.19. The Kier molecular flexibility index (Phi) is 6.36. The van der Waals surface area contributed by atoms with Crippen LogP contribution in [0.1, 0.15) is 41.5 Å². The predicted octanol–water partition coefficient (Wildman–Crippen LogP) is 5.44. The number of rotatable bonds is 3. The van der Waals surface area contributed by atoms with Crippen LogP contribution in [0.3, 0.4) is 0 Å². The van der Waals surface area contributed by atoms with Gasteiger partial charge in [0.1, 0.15) is 16.0 Å². The predicted molar refractivity (Wildman–Crippen MR) is 122 cm³/mol. The molecule has 3 aromatic rings. The Hall–Kier alpha value is -3.27. The third-order valence-electron chi connectivity index (χ3n) is 3.87. The maximum absolute atomic E-state index is 13.1. The molecule has 0 unspecified atom stereocenters. The van der Waals surface area contributed by atoms with Crippen molar-refractivity contribution in [2.75, 3.05) is 12.0 Å². The molecule has 0 aromatic carbocycles. The molecule has 0 aliphatic heterocycles. The van der Waals surface area contributed by atoms with Gasteiger partial charge < -0.3 is 14.2 Å². The minimum absolute atomic E-state index is 0.0746. The number of carbonyl (C=O) groups excluding carboxylic acids is 2. The summed E-state index contributed by atoms with van der Waals surface area (Å²) in [6.07, 6.45) is -0.220. The van der Waals surface area contributed by atoms with Crippen LogP contribution in [0.2, 0.25) is 0 Å². The van der Waals surface area contributed by atoms with Gasteiger partial charge in [-0.05, 0) is 59.1 Å². The molecule has 3 heterocycles. The third-order valence-corrected chi connectivity index (χ3v) is 4.68. The number of methoxy groups -OCH3 is 1. The zero-order valence-corrected chi connectivity index (χ0v) is 19.9. The Morgan fingerprint density at radius 1 is 0.969 bits per heavy atom. The molecule has 32 heavy (non-hydrogen) atoms. The number of amides is 2. The highest BCUT2D eigenvalue weighted by molar-refractivity contribution is 7.16. The number of carbonyl (C=O) groups is 2. The van der Waals surface area contributed by atoms with Gasteiger partial charge in [0.25, 0.3) is 0 Å². The monoisotopic (exact) mass is 458 g/mol. The van der Waals surface area contributed by atoms with Gasteiger partial charge in [0.05, 0.1) is 12.5 Å². The quantitative estimate of drug-likeness (QED) is 0.511. The first-order valence-corrected chi connectivity index (χ1v) is 10.8. The van der Waals surface area contributed by atoms with Gasteiger partial charge in [0.15, 0.2) is 11.6 Å². The molecular formula is C22H26N4O5S. The van der Waals surface area contributed by atoms with Crippen LogP contribution in [0.5, 0.6) is 5.88 Å². The first kappa shape index (κ1) is 23.4. The molecule has 0 aliphatic carbocycles. The zero-order valence-electron chi connectivity index (χ0n) is 19.1. The van der Waals surface area contributed by atoms with Gasteiger partial charge in [0, 0.05) is 17.8 Å². The second-order valence-corrected chi connectivity index (χ2v) is 9.79. The van der Waals surface area contributed by atoms with Crippen LogP contribution in [0.4, 0.5) is 15.4 Å². The molecule has 0 radical (unpaired) electrons. The van der Waals surface area contributed by atoms with E-state index < -0.39 is 23.4 Å². The fourth-order valence-corrected chi connectivity index (χ4v) is 3.42. The van der Waals surface area contributed by atoms with E-state index in [1.165, 1.54) is 18.4 Å². The standard InChI is InChI=1S/C22H26N4O5S/c1-21(2,3)30-19(27)26(20(28)31-22(4,5)6)17-14-9-11-32-18(14)25-16(24-17)13-8-10-23-15(12-13)29-7/h8-12H,1-7H3. The Labute approximate surface area is 190 Å². The third kappa shape index (κ3) is 5.50. The molecule has 170 valence electrons. The summed E-state index contributed by atoms with van der Waals surface area (Å²) < 4.78 is 16.2. The van der Waals surface area contributed by atoms with E-state index in [-0.39, 0.29) is 5.82 Å². The fourth-order valence-electron chi connectivity index (χ4n) is 2.66. The lowest BCUT2D eigenvalue weighted by atomic mass is 10.2. The van der Waals surface area contributed by atoms with Crippen molar-refractivity contribution in [3.05, 3.63) is 29.8 Å². The van der Waals surface area contributed by atoms with Crippen LogP contribution in [-0.2, 0) is 9.47 Å². The van der Waals surface area contributed by atoms with E-state index in [2.05, 4.69) is 15.0 Å². The number of nitrogens with zero attached hydrogens (tertiary/aromatic N) is 4. The minimum Gasteiger partial charge on any atom is -0.481 e. The van der Waals surface area contributed by atoms with E-state index in [9.17, 15) is 9.59 Å². The maximum Gasteiger partial charge on any atom is 0.425 e. The molecule has 0 atom stereocenters. The largest absolute Gasteiger partial charge is 0.481 e. The topological polar surface area (TPSA) is 104 Å². The lowest BCUT2D eigenvalue weighted by molar-refractivity contribution is 0.0429. The summed E-state index contributed by atoms with van der Waals surface area (Å²) in [6, 6.07) is 5.13. The van der Waals surface area contributed by atoms with Crippen molar-refractivity contribution in [1.82, 2.24) is 15.0 Å². The number of pyridine rings is 1. The highest BCUT2D eigenvalue weighted by Crippen LogP contribution is 2.33. The Bertz CT molecular complexity index is 1120. The average molecular weight is 459 g/mol. The van der Waals surface area contributed by atoms with Crippen molar-refractivity contribution in [3.8, 4) is 17.3 Å². The number of hydrogen-bond acceptors (Lipinski definition) is 9. The van der Waals surface area contributed by atoms with Crippen molar-refractivity contribution >= 4 is 39.6 Å². The molecule has 10 heteroatoms. The van der Waals surface area contributed by atoms with Crippen LogP contribution >= 0.6 is 11.3 Å². The number of anilines is 1. The number of hydrogen-bond donors (Lipinski definition) is 0. The molecule has 0 saturated heterocycles. The highest BCUT2D eigenvalue weighted by Gasteiger charge is 2.35. The SMILES string of the molecule is COc1cc(-c2nc(N(C(=O)OC(C)(C)C)C(=O)OC(C)(C)C)c3ccsc3n2)ccn1. The lowest BCUT2D eigenvalue weighted by Crippen LogP contribution is -2.44. The summed E-state index contributed by atoms with van der Waals surface area (Å²) >= 11 is 1.36. The molecule has 0 aliphatic rings. The first-order chi connectivity index (χ1) is 14.9. The van der Waals surface area contributed by atoms with Crippen molar-refractivity contribution in [2.24, 2.45) is 0 Å². The smallest absolute Gasteiger partial charge is 0.425 e. The lowest BCUT2D eigenvalue weighted by Gasteiger charge is -2.28. The highest BCUT2D eigenvalue weighted by atomic mass is 32.1. The average Bonchev–Trinajstić information content (AvgIpc) is 3.14. The van der Waals surface area contributed by atoms with Gasteiger partial charge >= 0.3 is 12.2 Å². The molecule has 0 spiro atoms. The fraction of sp³-hybridized carbons (Fsp3) is 0.409. The van der Waals surface area contributed by atoms with Crippen LogP contribution in [0.15, 0.2) is 29.8 Å². The number of ether oxygens (including phenoxy) is 3. The van der Waals surface area contributed by atoms with E-state index in [0.717, 1.165) is 4.90 Å². The second kappa shape index (κ2) is 8.70. The van der Waals surface area contributed by atoms with Gasteiger partial charge in [-0.3, -0.25) is 0 Å². The second-order valence-electron chi connectivity index (χ2n) is 8.89. The van der Waals surface area contributed by atoms with Crippen molar-refractivity contribution in [1.29, 1.82) is 0 Å². The summed E-state index contributed by atoms with van der Waals surface area (Å²) in [7, 11) is 1.51. The summed E-state index contributed by atoms with van der Waals surface area (Å²) in [5.41, 5.74) is -1.06. The molecule has 9 nitrogen and oxygen atoms in total. The number of fused-ring (bicyclic) bond motifs is 1. The van der Waals surface area contributed by atoms with Crippen LogP contribution in [-0.4, -0.2) is 45.5 Å². The Morgan fingerprint density at radius 3 is 2.16 bits per heavy atom. The van der Waals surface area contributed by atoms with Gasteiger partial charge in [-0.15, -0.1) is 11.3 Å². The van der Waals surface area contributed by atoms with Gasteiger partial charge in [-0.2, -0.15) is 4.90 Å². The van der Waals surface area contributed by atoms with E-state index in [1.54, 1.807) is 65.9 Å². The normalized spacial score (nSPS) is 11.8. The number of imide groups is 1. The Morgan fingerprint density at radius 2 is 1.59 bits per heavy atom. The van der Waals surface area contributed by atoms with Crippen molar-refractivity contribution in [2.45, 2.75) is 52.7 Å². The van der Waals surface area contributed by atoms with Crippen LogP contribution in [0.25, 0.3) is 21.6 Å². The molecule has 3 aromatic heterocycles. The molecule has 0 saturated carbocycles. The summed E-state index contributed by atoms with van der Waals surface area (Å²) in [4.78, 5) is 40.9. The molecule has 0 fully saturated rings. The number of aromatic nitrogens is 3. The van der Waals surface area contributed by atoms with Gasteiger partial charge in [0.2, 0.25) is 5.88 Å². The molecule has 0 N–H and O–H groups in total. The molecule has 0 bridgehead atoms. The van der Waals surface area contributed by atoms with Crippen molar-refractivity contribution in [3.63, 3.8) is 0 Å². The number of thiophene rings is 1. The van der Waals surface area contributed by atoms with Crippen LogP contribution < -0.4 is 9.64 Å². The van der Waals surface area contributed by atoms with Crippen molar-refractivity contribution < 1.29 is 23.8 Å². The van der Waals surface area contributed by atoms with E-state index in [4.69, 9.17) is 14.2 Å². The van der Waals surface area contributed by atoms with Crippen LogP contribution in [0, 0.1) is 0 Å². The van der Waals surface area contributed by atoms with Gasteiger partial charge in [-0.25, -0.2) is 24.5 Å². The van der Waals surface area contributed by atoms with E-state index in [0.29, 0.717) is 27.5 Å². The summed E-state index contributed by atoms with van der Waals surface area (Å²) in [6.45, 7) is 10.3. The van der Waals surface area contributed by atoms with E-state index >= 15 is 0 Å². The minimum atomic E-state index is -0.892. The summed E-state index contributed by atoms with van der Waals surface area (Å²) in [5.74, 6) is 0.758. The van der Waals surface area contributed by atoms with E-state index in [1.807, 2.05) is 5.38 Å². The molecule has 3 rings (SSSR count). The molecular weight excluding hydrogens is 432 g/mol. The zero-order chi connectivity index (χ0) is 23.7.